The van der Waals surface area contributed by atoms with Crippen molar-refractivity contribution in [2.75, 3.05) is 18.5 Å². The second kappa shape index (κ2) is 6.64. The molecule has 3 nitrogen and oxygen atoms in total. The van der Waals surface area contributed by atoms with Crippen LogP contribution in [0.1, 0.15) is 19.8 Å². The molecule has 1 aromatic rings. The average molecular weight is 229 g/mol. The Bertz CT molecular complexity index is 294. The first kappa shape index (κ1) is 12.3. The molecule has 15 heavy (non-hydrogen) atoms. The molecule has 0 spiro atoms. The quantitative estimate of drug-likeness (QED) is 0.581. The first-order valence-corrected chi connectivity index (χ1v) is 5.56. The average Bonchev–Trinajstić information content (AvgIpc) is 2.24. The van der Waals surface area contributed by atoms with Crippen molar-refractivity contribution >= 4 is 17.3 Å². The minimum atomic E-state index is 0.265. The Morgan fingerprint density at radius 3 is 3.07 bits per heavy atom. The summed E-state index contributed by atoms with van der Waals surface area (Å²) in [5.41, 5.74) is 0.992. The lowest BCUT2D eigenvalue weighted by molar-refractivity contribution is 0.229. The van der Waals surface area contributed by atoms with Gasteiger partial charge in [0.25, 0.3) is 0 Å². The van der Waals surface area contributed by atoms with E-state index in [4.69, 9.17) is 16.7 Å². The number of rotatable bonds is 6. The maximum atomic E-state index is 8.84. The highest BCUT2D eigenvalue weighted by Crippen LogP contribution is 2.12. The number of aliphatic hydroxyl groups excluding tert-OH is 1. The van der Waals surface area contributed by atoms with Crippen LogP contribution in [0.25, 0.3) is 0 Å². The van der Waals surface area contributed by atoms with Crippen LogP contribution >= 0.6 is 11.6 Å². The third-order valence-corrected chi connectivity index (χ3v) is 2.45. The first-order chi connectivity index (χ1) is 7.22. The van der Waals surface area contributed by atoms with Gasteiger partial charge in [-0.1, -0.05) is 18.5 Å². The van der Waals surface area contributed by atoms with Crippen molar-refractivity contribution in [3.8, 4) is 0 Å². The maximum Gasteiger partial charge on any atom is 0.131 e. The summed E-state index contributed by atoms with van der Waals surface area (Å²) >= 11 is 5.75. The number of aromatic nitrogens is 1. The van der Waals surface area contributed by atoms with Gasteiger partial charge in [-0.05, 0) is 30.9 Å². The summed E-state index contributed by atoms with van der Waals surface area (Å²) in [6.07, 6.45) is 3.75. The number of hydrogen-bond donors (Lipinski definition) is 2. The summed E-state index contributed by atoms with van der Waals surface area (Å²) in [4.78, 5) is 3.90. The molecular formula is C11H17ClN2O. The summed E-state index contributed by atoms with van der Waals surface area (Å²) in [5, 5.41) is 12.6. The van der Waals surface area contributed by atoms with E-state index >= 15 is 0 Å². The van der Waals surface area contributed by atoms with Crippen LogP contribution in [-0.2, 0) is 0 Å². The van der Waals surface area contributed by atoms with Crippen LogP contribution in [0.15, 0.2) is 18.3 Å². The zero-order valence-corrected chi connectivity index (χ0v) is 9.67. The Balaban J connectivity index is 2.20. The monoisotopic (exact) mass is 228 g/mol. The van der Waals surface area contributed by atoms with Crippen molar-refractivity contribution in [3.05, 3.63) is 23.5 Å². The van der Waals surface area contributed by atoms with Gasteiger partial charge >= 0.3 is 0 Å². The van der Waals surface area contributed by atoms with Crippen LogP contribution in [0.2, 0.25) is 5.15 Å². The van der Waals surface area contributed by atoms with Crippen molar-refractivity contribution in [1.29, 1.82) is 0 Å². The van der Waals surface area contributed by atoms with E-state index in [1.807, 2.05) is 13.0 Å². The molecule has 0 aromatic carbocycles. The molecule has 0 aliphatic heterocycles. The van der Waals surface area contributed by atoms with E-state index in [0.717, 1.165) is 25.1 Å². The zero-order chi connectivity index (χ0) is 11.1. The molecular weight excluding hydrogens is 212 g/mol. The zero-order valence-electron chi connectivity index (χ0n) is 8.91. The molecule has 84 valence electrons. The summed E-state index contributed by atoms with van der Waals surface area (Å²) in [6, 6.07) is 3.69. The van der Waals surface area contributed by atoms with Crippen molar-refractivity contribution in [2.45, 2.75) is 19.8 Å². The number of halogens is 1. The van der Waals surface area contributed by atoms with Crippen molar-refractivity contribution in [1.82, 2.24) is 4.98 Å². The lowest BCUT2D eigenvalue weighted by Gasteiger charge is -2.09. The van der Waals surface area contributed by atoms with E-state index in [0.29, 0.717) is 11.1 Å². The van der Waals surface area contributed by atoms with Gasteiger partial charge in [0.05, 0.1) is 0 Å². The molecule has 0 amide bonds. The van der Waals surface area contributed by atoms with Crippen molar-refractivity contribution < 1.29 is 5.11 Å². The second-order valence-corrected chi connectivity index (χ2v) is 4.11. The molecule has 0 aliphatic rings. The predicted molar refractivity (Wildman–Crippen MR) is 63.2 cm³/mol. The van der Waals surface area contributed by atoms with Gasteiger partial charge in [-0.3, -0.25) is 0 Å². The van der Waals surface area contributed by atoms with Gasteiger partial charge in [-0.15, -0.1) is 0 Å². The highest BCUT2D eigenvalue weighted by Gasteiger charge is 1.99. The highest BCUT2D eigenvalue weighted by molar-refractivity contribution is 6.29. The van der Waals surface area contributed by atoms with Crippen molar-refractivity contribution in [3.63, 3.8) is 0 Å². The van der Waals surface area contributed by atoms with E-state index in [1.165, 1.54) is 0 Å². The Morgan fingerprint density at radius 1 is 1.60 bits per heavy atom. The van der Waals surface area contributed by atoms with Crippen LogP contribution < -0.4 is 5.32 Å². The second-order valence-electron chi connectivity index (χ2n) is 3.72. The van der Waals surface area contributed by atoms with E-state index in [1.54, 1.807) is 12.3 Å². The van der Waals surface area contributed by atoms with Gasteiger partial charge in [0.15, 0.2) is 0 Å². The van der Waals surface area contributed by atoms with Crippen LogP contribution in [0.3, 0.4) is 0 Å². The van der Waals surface area contributed by atoms with E-state index in [9.17, 15) is 0 Å². The number of anilines is 1. The Kier molecular flexibility index (Phi) is 5.43. The van der Waals surface area contributed by atoms with Gasteiger partial charge in [0.2, 0.25) is 0 Å². The lowest BCUT2D eigenvalue weighted by Crippen LogP contribution is -2.06. The van der Waals surface area contributed by atoms with Crippen LogP contribution in [0, 0.1) is 5.92 Å². The number of pyridine rings is 1. The first-order valence-electron chi connectivity index (χ1n) is 5.18. The molecule has 1 heterocycles. The van der Waals surface area contributed by atoms with Gasteiger partial charge in [-0.2, -0.15) is 0 Å². The SMILES string of the molecule is CC(CO)CCCNc1ccnc(Cl)c1. The highest BCUT2D eigenvalue weighted by atomic mass is 35.5. The standard InChI is InChI=1S/C11H17ClN2O/c1-9(8-15)3-2-5-13-10-4-6-14-11(12)7-10/h4,6-7,9,15H,2-3,5,8H2,1H3,(H,13,14). The molecule has 1 aromatic heterocycles. The summed E-state index contributed by atoms with van der Waals surface area (Å²) < 4.78 is 0. The largest absolute Gasteiger partial charge is 0.396 e. The smallest absolute Gasteiger partial charge is 0.131 e. The predicted octanol–water partition coefficient (Wildman–Crippen LogP) is 2.56. The minimum absolute atomic E-state index is 0.265. The molecule has 0 fully saturated rings. The number of nitrogens with zero attached hydrogens (tertiary/aromatic N) is 1. The number of hydrogen-bond acceptors (Lipinski definition) is 3. The fourth-order valence-corrected chi connectivity index (χ4v) is 1.46. The van der Waals surface area contributed by atoms with E-state index < -0.39 is 0 Å². The normalized spacial score (nSPS) is 12.5. The van der Waals surface area contributed by atoms with Gasteiger partial charge in [-0.25, -0.2) is 4.98 Å². The van der Waals surface area contributed by atoms with Gasteiger partial charge in [0, 0.05) is 25.0 Å². The molecule has 0 bridgehead atoms. The number of aliphatic hydroxyl groups is 1. The minimum Gasteiger partial charge on any atom is -0.396 e. The Morgan fingerprint density at radius 2 is 2.40 bits per heavy atom. The number of nitrogens with one attached hydrogen (secondary N) is 1. The van der Waals surface area contributed by atoms with Gasteiger partial charge < -0.3 is 10.4 Å². The Hall–Kier alpha value is -0.800. The van der Waals surface area contributed by atoms with Crippen molar-refractivity contribution in [2.24, 2.45) is 5.92 Å². The van der Waals surface area contributed by atoms with Crippen LogP contribution in [0.5, 0.6) is 0 Å². The topological polar surface area (TPSA) is 45.1 Å². The third-order valence-electron chi connectivity index (χ3n) is 2.24. The molecule has 0 radical (unpaired) electrons. The fourth-order valence-electron chi connectivity index (χ4n) is 1.29. The van der Waals surface area contributed by atoms with Gasteiger partial charge in [0.1, 0.15) is 5.15 Å². The summed E-state index contributed by atoms with van der Waals surface area (Å²) in [7, 11) is 0. The fraction of sp³-hybridized carbons (Fsp3) is 0.545. The van der Waals surface area contributed by atoms with Crippen LogP contribution in [0.4, 0.5) is 5.69 Å². The molecule has 2 N–H and O–H groups in total. The molecule has 1 atom stereocenters. The molecule has 1 rings (SSSR count). The molecule has 0 aliphatic carbocycles. The maximum absolute atomic E-state index is 8.84. The lowest BCUT2D eigenvalue weighted by atomic mass is 10.1. The van der Waals surface area contributed by atoms with Crippen LogP contribution in [-0.4, -0.2) is 23.2 Å². The summed E-state index contributed by atoms with van der Waals surface area (Å²) in [6.45, 7) is 3.20. The van der Waals surface area contributed by atoms with E-state index in [-0.39, 0.29) is 6.61 Å². The molecule has 0 saturated heterocycles. The molecule has 4 heteroatoms. The third kappa shape index (κ3) is 5.00. The molecule has 0 saturated carbocycles. The molecule has 1 unspecified atom stereocenters. The summed E-state index contributed by atoms with van der Waals surface area (Å²) in [5.74, 6) is 0.382. The Labute approximate surface area is 95.5 Å². The van der Waals surface area contributed by atoms with E-state index in [2.05, 4.69) is 10.3 Å².